The molecule has 0 fully saturated rings. The first-order valence-corrected chi connectivity index (χ1v) is 20.5. The molecule has 2 N–H and O–H groups in total. The zero-order valence-electron chi connectivity index (χ0n) is 35.5. The molecule has 8 rings (SSSR count). The molecule has 0 radical (unpaired) electrons. The van der Waals surface area contributed by atoms with Gasteiger partial charge in [0.15, 0.2) is 11.8 Å². The molecule has 4 aromatic heterocycles. The summed E-state index contributed by atoms with van der Waals surface area (Å²) in [5.74, 6) is 2.63. The third-order valence-corrected chi connectivity index (χ3v) is 10.0. The van der Waals surface area contributed by atoms with E-state index in [0.29, 0.717) is 55.6 Å². The van der Waals surface area contributed by atoms with Crippen LogP contribution in [-0.4, -0.2) is 64.9 Å². The Morgan fingerprint density at radius 1 is 0.603 bits per heavy atom. The molecule has 4 aromatic carbocycles. The van der Waals surface area contributed by atoms with Crippen molar-refractivity contribution in [1.82, 2.24) is 29.5 Å². The van der Waals surface area contributed by atoms with Gasteiger partial charge >= 0.3 is 11.9 Å². The van der Waals surface area contributed by atoms with Gasteiger partial charge in [0.1, 0.15) is 23.0 Å². The predicted octanol–water partition coefficient (Wildman–Crippen LogP) is 8.71. The van der Waals surface area contributed by atoms with E-state index in [9.17, 15) is 19.8 Å². The molecule has 0 saturated heterocycles. The average molecular weight is 849 g/mol. The number of hydrogen-bond donors (Lipinski definition) is 2. The summed E-state index contributed by atoms with van der Waals surface area (Å²) in [4.78, 5) is 32.9. The standard InChI is InChI=1S/C25H24N2O4.C24H24N4O4/c1-17-24(26-18(2)31-17)11-12-30-22-10-6-7-19(13-22)23-16-27(15-20(23)14-25(28)29)21-8-4-3-5-9-21;1-16-21(25-17(2)32-16)12-13-31-20-10-8-18(9-11-20)14-22-23(15-24(29)30)27-28(26-22)19-6-4-3-5-7-19/h3-10,13,15-16H,11-12,14H2,1-2H3,(H,28,29);3-11H,12-15H2,1-2H3,(H,29,30). The van der Waals surface area contributed by atoms with Crippen LogP contribution < -0.4 is 9.47 Å². The third kappa shape index (κ3) is 11.8. The molecule has 0 aliphatic carbocycles. The average Bonchev–Trinajstić information content (AvgIpc) is 4.04. The lowest BCUT2D eigenvalue weighted by atomic mass is 10.0. The number of oxazole rings is 2. The molecule has 0 unspecified atom stereocenters. The highest BCUT2D eigenvalue weighted by Gasteiger charge is 2.17. The van der Waals surface area contributed by atoms with Gasteiger partial charge in [0.2, 0.25) is 0 Å². The number of rotatable bonds is 17. The fraction of sp³-hybridized carbons (Fsp3) is 0.224. The Bertz CT molecular complexity index is 2770. The smallest absolute Gasteiger partial charge is 0.309 e. The van der Waals surface area contributed by atoms with Crippen molar-refractivity contribution in [3.8, 4) is 34.0 Å². The van der Waals surface area contributed by atoms with E-state index in [0.717, 1.165) is 68.0 Å². The number of aryl methyl sites for hydroxylation is 4. The Balaban J connectivity index is 0.000000189. The Labute approximate surface area is 364 Å². The largest absolute Gasteiger partial charge is 0.493 e. The van der Waals surface area contributed by atoms with E-state index in [1.54, 1.807) is 0 Å². The Hall–Kier alpha value is -7.74. The van der Waals surface area contributed by atoms with Crippen LogP contribution in [0.25, 0.3) is 22.5 Å². The van der Waals surface area contributed by atoms with Crippen molar-refractivity contribution >= 4 is 11.9 Å². The van der Waals surface area contributed by atoms with Gasteiger partial charge in [-0.05, 0) is 79.1 Å². The van der Waals surface area contributed by atoms with Crippen LogP contribution in [0, 0.1) is 27.7 Å². The molecular weight excluding hydrogens is 801 g/mol. The van der Waals surface area contributed by atoms with Crippen molar-refractivity contribution in [2.45, 2.75) is 59.8 Å². The minimum Gasteiger partial charge on any atom is -0.493 e. The zero-order valence-corrected chi connectivity index (χ0v) is 35.5. The summed E-state index contributed by atoms with van der Waals surface area (Å²) in [5, 5.41) is 27.6. The molecule has 0 saturated carbocycles. The number of hydrogen-bond acceptors (Lipinski definition) is 10. The van der Waals surface area contributed by atoms with Crippen LogP contribution in [0.5, 0.6) is 11.5 Å². The van der Waals surface area contributed by atoms with Crippen LogP contribution in [0.3, 0.4) is 0 Å². The maximum Gasteiger partial charge on any atom is 0.309 e. The second kappa shape index (κ2) is 20.2. The van der Waals surface area contributed by atoms with E-state index in [2.05, 4.69) is 20.2 Å². The highest BCUT2D eigenvalue weighted by atomic mass is 16.5. The highest BCUT2D eigenvalue weighted by Crippen LogP contribution is 2.30. The van der Waals surface area contributed by atoms with E-state index in [1.165, 1.54) is 4.80 Å². The van der Waals surface area contributed by atoms with E-state index in [4.69, 9.17) is 18.3 Å². The summed E-state index contributed by atoms with van der Waals surface area (Å²) in [6.45, 7) is 8.44. The van der Waals surface area contributed by atoms with Gasteiger partial charge in [-0.2, -0.15) is 15.0 Å². The van der Waals surface area contributed by atoms with Gasteiger partial charge in [-0.25, -0.2) is 9.97 Å². The summed E-state index contributed by atoms with van der Waals surface area (Å²) in [5.41, 5.74) is 8.20. The normalized spacial score (nSPS) is 10.9. The topological polar surface area (TPSA) is 181 Å². The molecule has 0 spiro atoms. The second-order valence-electron chi connectivity index (χ2n) is 14.8. The van der Waals surface area contributed by atoms with Crippen molar-refractivity contribution in [1.29, 1.82) is 0 Å². The van der Waals surface area contributed by atoms with E-state index in [1.807, 2.05) is 154 Å². The van der Waals surface area contributed by atoms with Gasteiger partial charge in [0.25, 0.3) is 0 Å². The maximum atomic E-state index is 11.4. The monoisotopic (exact) mass is 848 g/mol. The number of ether oxygens (including phenoxy) is 2. The minimum absolute atomic E-state index is 0.0506. The lowest BCUT2D eigenvalue weighted by molar-refractivity contribution is -0.137. The van der Waals surface area contributed by atoms with Gasteiger partial charge in [-0.15, -0.1) is 0 Å². The summed E-state index contributed by atoms with van der Waals surface area (Å²) in [7, 11) is 0. The number of aromatic nitrogens is 6. The predicted molar refractivity (Wildman–Crippen MR) is 235 cm³/mol. The van der Waals surface area contributed by atoms with Gasteiger partial charge in [-0.1, -0.05) is 60.7 Å². The van der Waals surface area contributed by atoms with Crippen LogP contribution in [0.1, 0.15) is 57.2 Å². The number of carbonyl (C=O) groups is 2. The second-order valence-corrected chi connectivity index (χ2v) is 14.8. The van der Waals surface area contributed by atoms with Crippen LogP contribution >= 0.6 is 0 Å². The molecule has 0 aliphatic heterocycles. The van der Waals surface area contributed by atoms with E-state index >= 15 is 0 Å². The first-order chi connectivity index (χ1) is 30.5. The molecule has 8 aromatic rings. The Morgan fingerprint density at radius 2 is 1.17 bits per heavy atom. The van der Waals surface area contributed by atoms with Crippen molar-refractivity contribution in [2.24, 2.45) is 0 Å². The van der Waals surface area contributed by atoms with Crippen LogP contribution in [0.4, 0.5) is 0 Å². The first-order valence-electron chi connectivity index (χ1n) is 20.5. The van der Waals surface area contributed by atoms with Crippen molar-refractivity contribution < 1.29 is 38.1 Å². The number of carboxylic acid groups (broad SMARTS) is 2. The van der Waals surface area contributed by atoms with Crippen molar-refractivity contribution in [2.75, 3.05) is 13.2 Å². The maximum absolute atomic E-state index is 11.4. The molecular formula is C49H48N6O8. The summed E-state index contributed by atoms with van der Waals surface area (Å²) < 4.78 is 24.6. The molecule has 14 heteroatoms. The lowest BCUT2D eigenvalue weighted by Gasteiger charge is -2.08. The van der Waals surface area contributed by atoms with E-state index < -0.39 is 11.9 Å². The summed E-state index contributed by atoms with van der Waals surface area (Å²) >= 11 is 0. The minimum atomic E-state index is -0.937. The van der Waals surface area contributed by atoms with Crippen LogP contribution in [0.15, 0.2) is 130 Å². The highest BCUT2D eigenvalue weighted by molar-refractivity contribution is 5.77. The first kappa shape index (κ1) is 43.4. The quantitative estimate of drug-likeness (QED) is 0.0891. The molecule has 14 nitrogen and oxygen atoms in total. The Morgan fingerprint density at radius 3 is 1.75 bits per heavy atom. The third-order valence-electron chi connectivity index (χ3n) is 10.0. The molecule has 0 aliphatic rings. The van der Waals surface area contributed by atoms with Crippen LogP contribution in [-0.2, 0) is 41.7 Å². The van der Waals surface area contributed by atoms with Gasteiger partial charge in [0, 0.05) is 56.8 Å². The number of carboxylic acids is 2. The number of benzene rings is 4. The van der Waals surface area contributed by atoms with E-state index in [-0.39, 0.29) is 12.8 Å². The number of aliphatic carboxylic acids is 2. The molecule has 63 heavy (non-hydrogen) atoms. The summed E-state index contributed by atoms with van der Waals surface area (Å²) in [6, 6.07) is 34.7. The number of nitrogens with zero attached hydrogens (tertiary/aromatic N) is 6. The van der Waals surface area contributed by atoms with Gasteiger partial charge in [0.05, 0.1) is 54.5 Å². The molecule has 322 valence electrons. The van der Waals surface area contributed by atoms with Crippen LogP contribution in [0.2, 0.25) is 0 Å². The molecule has 0 atom stereocenters. The Kier molecular flexibility index (Phi) is 13.9. The fourth-order valence-electron chi connectivity index (χ4n) is 7.06. The van der Waals surface area contributed by atoms with Gasteiger partial charge < -0.3 is 33.1 Å². The molecule has 0 bridgehead atoms. The lowest BCUT2D eigenvalue weighted by Crippen LogP contribution is -2.04. The fourth-order valence-corrected chi connectivity index (χ4v) is 7.06. The van der Waals surface area contributed by atoms with Crippen molar-refractivity contribution in [3.05, 3.63) is 179 Å². The SMILES string of the molecule is Cc1nc(CCOc2ccc(Cc3nn(-c4ccccc4)nc3CC(=O)O)cc2)c(C)o1.Cc1nc(CCOc2cccc(-c3cn(-c4ccccc4)cc3CC(=O)O)c2)c(C)o1. The molecule has 4 heterocycles. The zero-order chi connectivity index (χ0) is 44.3. The summed E-state index contributed by atoms with van der Waals surface area (Å²) in [6.07, 6.45) is 5.42. The number of para-hydroxylation sites is 2. The molecule has 0 amide bonds. The van der Waals surface area contributed by atoms with Gasteiger partial charge in [-0.3, -0.25) is 9.59 Å². The van der Waals surface area contributed by atoms with Crippen molar-refractivity contribution in [3.63, 3.8) is 0 Å².